The number of esters is 1. The molecule has 0 heterocycles. The van der Waals surface area contributed by atoms with Gasteiger partial charge in [-0.15, -0.1) is 0 Å². The zero-order valence-electron chi connectivity index (χ0n) is 17.9. The number of alkyl halides is 2. The van der Waals surface area contributed by atoms with Crippen molar-refractivity contribution in [3.05, 3.63) is 23.8 Å². The third kappa shape index (κ3) is 3.57. The third-order valence-electron chi connectivity index (χ3n) is 8.40. The normalized spacial score (nSPS) is 43.3. The van der Waals surface area contributed by atoms with Gasteiger partial charge in [-0.25, -0.2) is 4.79 Å². The minimum atomic E-state index is -1.89. The first-order chi connectivity index (χ1) is 14.0. The molecule has 9 heteroatoms. The van der Waals surface area contributed by atoms with Crippen LogP contribution in [0.15, 0.2) is 23.8 Å². The standard InChI is InChI=1S/C22H26Cl2O6.Na/c1-20-7-5-12(25)9-11(20)3-4-13-14-6-8-22(19(28)29,30-18(27)17(23)24)21(14,2)10-15(26)16(13)20;/h5,7,9,13-17,26H,3-4,6,8,10H2,1-2H3,(H,28,29);/q;+1/p-1/t13?,14?,15-,16?,20-,21-,22-;/m0./s1. The van der Waals surface area contributed by atoms with E-state index in [1.807, 2.05) is 13.0 Å². The van der Waals surface area contributed by atoms with Crippen molar-refractivity contribution >= 4 is 40.9 Å². The fourth-order valence-electron chi connectivity index (χ4n) is 7.07. The zero-order chi connectivity index (χ0) is 22.1. The molecule has 0 amide bonds. The van der Waals surface area contributed by atoms with Crippen LogP contribution in [-0.2, 0) is 19.1 Å². The van der Waals surface area contributed by atoms with E-state index in [0.29, 0.717) is 12.8 Å². The summed E-state index contributed by atoms with van der Waals surface area (Å²) < 4.78 is 5.42. The number of carbonyl (C=O) groups is 3. The summed E-state index contributed by atoms with van der Waals surface area (Å²) in [5, 5.41) is 23.6. The Kier molecular flexibility index (Phi) is 6.88. The van der Waals surface area contributed by atoms with Crippen molar-refractivity contribution in [3.8, 4) is 0 Å². The van der Waals surface area contributed by atoms with Gasteiger partial charge in [0.2, 0.25) is 4.84 Å². The van der Waals surface area contributed by atoms with Crippen molar-refractivity contribution < 1.29 is 58.9 Å². The minimum absolute atomic E-state index is 0. The summed E-state index contributed by atoms with van der Waals surface area (Å²) in [4.78, 5) is 34.9. The van der Waals surface area contributed by atoms with Gasteiger partial charge in [-0.2, -0.15) is 0 Å². The van der Waals surface area contributed by atoms with E-state index in [9.17, 15) is 24.6 Å². The average Bonchev–Trinajstić information content (AvgIpc) is 2.94. The Labute approximate surface area is 213 Å². The van der Waals surface area contributed by atoms with Crippen molar-refractivity contribution in [1.29, 1.82) is 0 Å². The van der Waals surface area contributed by atoms with Crippen molar-refractivity contribution in [1.82, 2.24) is 0 Å². The summed E-state index contributed by atoms with van der Waals surface area (Å²) >= 11 is 11.3. The number of fused-ring (bicyclic) bond motifs is 5. The third-order valence-corrected chi connectivity index (χ3v) is 8.75. The molecule has 0 saturated heterocycles. The summed E-state index contributed by atoms with van der Waals surface area (Å²) in [7, 11) is 0. The summed E-state index contributed by atoms with van der Waals surface area (Å²) in [6.07, 6.45) is 6.47. The molecule has 0 aromatic rings. The monoisotopic (exact) mass is 478 g/mol. The molecule has 4 rings (SSSR count). The number of ketones is 1. The number of aliphatic hydroxyl groups is 1. The molecular formula is C22H25Cl2NaO6. The van der Waals surface area contributed by atoms with E-state index in [1.54, 1.807) is 19.1 Å². The number of rotatable bonds is 3. The number of ether oxygens (including phenoxy) is 1. The number of carboxylic acids is 1. The average molecular weight is 479 g/mol. The molecule has 3 saturated carbocycles. The van der Waals surface area contributed by atoms with Crippen LogP contribution in [0.25, 0.3) is 0 Å². The summed E-state index contributed by atoms with van der Waals surface area (Å²) in [5.41, 5.74) is -2.35. The van der Waals surface area contributed by atoms with E-state index in [-0.39, 0.29) is 65.9 Å². The van der Waals surface area contributed by atoms with Crippen LogP contribution in [0.4, 0.5) is 0 Å². The Morgan fingerprint density at radius 1 is 1.29 bits per heavy atom. The molecule has 0 aromatic heterocycles. The smallest absolute Gasteiger partial charge is 0.546 e. The molecule has 4 aliphatic carbocycles. The second kappa shape index (κ2) is 8.44. The van der Waals surface area contributed by atoms with E-state index < -0.39 is 39.3 Å². The van der Waals surface area contributed by atoms with E-state index in [4.69, 9.17) is 27.9 Å². The van der Waals surface area contributed by atoms with Crippen LogP contribution in [0.2, 0.25) is 0 Å². The van der Waals surface area contributed by atoms with Crippen LogP contribution in [0.1, 0.15) is 46.0 Å². The molecule has 3 fully saturated rings. The Morgan fingerprint density at radius 3 is 2.58 bits per heavy atom. The van der Waals surface area contributed by atoms with Crippen LogP contribution in [0.5, 0.6) is 0 Å². The fraction of sp³-hybridized carbons (Fsp3) is 0.682. The molecule has 0 aromatic carbocycles. The summed E-state index contributed by atoms with van der Waals surface area (Å²) in [5.74, 6) is -2.77. The van der Waals surface area contributed by atoms with Gasteiger partial charge in [-0.3, -0.25) is 4.79 Å². The number of aliphatic carboxylic acids is 1. The molecule has 0 bridgehead atoms. The maximum atomic E-state index is 12.3. The van der Waals surface area contributed by atoms with Gasteiger partial charge >= 0.3 is 35.5 Å². The fourth-order valence-corrected chi connectivity index (χ4v) is 7.16. The minimum Gasteiger partial charge on any atom is -0.546 e. The largest absolute Gasteiger partial charge is 1.00 e. The molecule has 164 valence electrons. The number of hydrogen-bond donors (Lipinski definition) is 1. The zero-order valence-corrected chi connectivity index (χ0v) is 21.4. The molecule has 3 unspecified atom stereocenters. The van der Waals surface area contributed by atoms with Gasteiger partial charge in [0.15, 0.2) is 11.4 Å². The van der Waals surface area contributed by atoms with Crippen molar-refractivity contribution in [3.63, 3.8) is 0 Å². The maximum absolute atomic E-state index is 12.3. The SMILES string of the molecule is C[C@]12C=CC(=O)C=C1CCC1C2[C@@H](O)C[C@@]2(C)C1CC[C@]2(OC(=O)C(Cl)Cl)C(=O)[O-].[Na+]. The number of halogens is 2. The number of carbonyl (C=O) groups excluding carboxylic acids is 3. The molecule has 0 radical (unpaired) electrons. The molecule has 0 spiro atoms. The number of aliphatic hydroxyl groups excluding tert-OH is 1. The van der Waals surface area contributed by atoms with Gasteiger partial charge in [0.25, 0.3) is 0 Å². The Morgan fingerprint density at radius 2 is 1.97 bits per heavy atom. The van der Waals surface area contributed by atoms with Gasteiger partial charge in [0, 0.05) is 16.7 Å². The second-order valence-electron chi connectivity index (χ2n) is 9.59. The second-order valence-corrected chi connectivity index (χ2v) is 10.7. The van der Waals surface area contributed by atoms with Crippen molar-refractivity contribution in [2.24, 2.45) is 28.6 Å². The Balaban J connectivity index is 0.00000272. The van der Waals surface area contributed by atoms with Crippen LogP contribution in [0.3, 0.4) is 0 Å². The van der Waals surface area contributed by atoms with Crippen LogP contribution < -0.4 is 34.7 Å². The summed E-state index contributed by atoms with van der Waals surface area (Å²) in [6.45, 7) is 3.80. The Bertz CT molecular complexity index is 872. The first-order valence-electron chi connectivity index (χ1n) is 10.3. The molecule has 0 aliphatic heterocycles. The van der Waals surface area contributed by atoms with Crippen LogP contribution in [0, 0.1) is 28.6 Å². The van der Waals surface area contributed by atoms with Crippen molar-refractivity contribution in [2.45, 2.75) is 62.5 Å². The van der Waals surface area contributed by atoms with Gasteiger partial charge < -0.3 is 19.7 Å². The molecule has 6 nitrogen and oxygen atoms in total. The van der Waals surface area contributed by atoms with Gasteiger partial charge in [0.05, 0.1) is 12.1 Å². The Hall–Kier alpha value is -0.370. The van der Waals surface area contributed by atoms with E-state index in [1.165, 1.54) is 0 Å². The molecule has 1 N–H and O–H groups in total. The van der Waals surface area contributed by atoms with Gasteiger partial charge in [0.1, 0.15) is 0 Å². The van der Waals surface area contributed by atoms with Gasteiger partial charge in [-0.1, -0.05) is 48.7 Å². The van der Waals surface area contributed by atoms with Gasteiger partial charge in [-0.05, 0) is 56.1 Å². The molecule has 4 aliphatic rings. The van der Waals surface area contributed by atoms with E-state index in [0.717, 1.165) is 12.0 Å². The number of carboxylic acid groups (broad SMARTS) is 1. The quantitative estimate of drug-likeness (QED) is 0.320. The predicted octanol–water partition coefficient (Wildman–Crippen LogP) is -0.895. The molecule has 31 heavy (non-hydrogen) atoms. The molecular weight excluding hydrogens is 454 g/mol. The maximum Gasteiger partial charge on any atom is 1.00 e. The van der Waals surface area contributed by atoms with Crippen LogP contribution in [-0.4, -0.2) is 39.4 Å². The van der Waals surface area contributed by atoms with Crippen LogP contribution >= 0.6 is 23.2 Å². The van der Waals surface area contributed by atoms with E-state index in [2.05, 4.69) is 0 Å². The first kappa shape index (κ1) is 25.3. The number of hydrogen-bond acceptors (Lipinski definition) is 6. The molecule has 7 atom stereocenters. The summed E-state index contributed by atoms with van der Waals surface area (Å²) in [6, 6.07) is 0. The topological polar surface area (TPSA) is 104 Å². The van der Waals surface area contributed by atoms with E-state index >= 15 is 0 Å². The van der Waals surface area contributed by atoms with Crippen molar-refractivity contribution in [2.75, 3.05) is 0 Å². The first-order valence-corrected chi connectivity index (χ1v) is 11.2. The predicted molar refractivity (Wildman–Crippen MR) is 107 cm³/mol. The number of allylic oxidation sites excluding steroid dienone is 4.